The third kappa shape index (κ3) is 4.93. The number of nitrogens with zero attached hydrogens (tertiary/aromatic N) is 2. The smallest absolute Gasteiger partial charge is 0.337 e. The number of carbonyl (C=O) groups is 3. The van der Waals surface area contributed by atoms with E-state index >= 15 is 0 Å². The van der Waals surface area contributed by atoms with Crippen molar-refractivity contribution >= 4 is 33.5 Å². The maximum atomic E-state index is 14.2. The van der Waals surface area contributed by atoms with E-state index in [0.717, 1.165) is 22.4 Å². The number of carbonyl (C=O) groups excluding carboxylic acids is 3. The van der Waals surface area contributed by atoms with Gasteiger partial charge < -0.3 is 9.47 Å². The number of hydrogen-bond donors (Lipinski definition) is 0. The summed E-state index contributed by atoms with van der Waals surface area (Å²) in [6.07, 6.45) is 0.824. The average molecular weight is 529 g/mol. The topological polar surface area (TPSA) is 110 Å². The van der Waals surface area contributed by atoms with Crippen LogP contribution in [0, 0.1) is 27.7 Å². The van der Waals surface area contributed by atoms with Gasteiger partial charge in [-0.3, -0.25) is 9.59 Å². The Morgan fingerprint density at radius 1 is 1.08 bits per heavy atom. The number of amides is 2. The van der Waals surface area contributed by atoms with Crippen molar-refractivity contribution in [3.8, 4) is 0 Å². The van der Waals surface area contributed by atoms with Crippen molar-refractivity contribution < 1.29 is 32.3 Å². The Morgan fingerprint density at radius 3 is 2.24 bits per heavy atom. The Balaban J connectivity index is 1.75. The number of imide groups is 1. The standard InChI is InChI=1S/C27H32N2O7S/c1-16-13-17(2)19(4)25(18(16)3)37(33,34)28(15-22-7-6-12-36-22)23-14-24(30)29(26(23)31)21-10-8-20(9-11-21)27(32)35-5/h8-11,13,22-23H,6-7,12,14-15H2,1-5H3. The second-order valence-corrected chi connectivity index (χ2v) is 11.5. The van der Waals surface area contributed by atoms with Crippen molar-refractivity contribution in [2.45, 2.75) is 64.0 Å². The second-order valence-electron chi connectivity index (χ2n) is 9.63. The number of benzene rings is 2. The molecule has 2 unspecified atom stereocenters. The van der Waals surface area contributed by atoms with Gasteiger partial charge in [-0.2, -0.15) is 4.31 Å². The lowest BCUT2D eigenvalue weighted by molar-refractivity contribution is -0.122. The SMILES string of the molecule is COC(=O)c1ccc(N2C(=O)CC(N(CC3CCCO3)S(=O)(=O)c3c(C)c(C)cc(C)c3C)C2=O)cc1. The van der Waals surface area contributed by atoms with Crippen molar-refractivity contribution in [2.75, 3.05) is 25.2 Å². The molecular weight excluding hydrogens is 496 g/mol. The molecule has 198 valence electrons. The summed E-state index contributed by atoms with van der Waals surface area (Å²) in [5, 5.41) is 0. The number of rotatable bonds is 7. The highest BCUT2D eigenvalue weighted by Gasteiger charge is 2.48. The lowest BCUT2D eigenvalue weighted by atomic mass is 10.0. The number of esters is 1. The van der Waals surface area contributed by atoms with Crippen LogP contribution in [0.15, 0.2) is 35.2 Å². The third-order valence-electron chi connectivity index (χ3n) is 7.29. The summed E-state index contributed by atoms with van der Waals surface area (Å²) in [4.78, 5) is 39.7. The maximum absolute atomic E-state index is 14.2. The number of ether oxygens (including phenoxy) is 2. The molecule has 37 heavy (non-hydrogen) atoms. The lowest BCUT2D eigenvalue weighted by Crippen LogP contribution is -2.48. The highest BCUT2D eigenvalue weighted by atomic mass is 32.2. The Kier molecular flexibility index (Phi) is 7.55. The molecule has 0 radical (unpaired) electrons. The molecule has 0 spiro atoms. The van der Waals surface area contributed by atoms with Gasteiger partial charge in [-0.1, -0.05) is 6.07 Å². The van der Waals surface area contributed by atoms with E-state index in [9.17, 15) is 22.8 Å². The van der Waals surface area contributed by atoms with E-state index < -0.39 is 33.8 Å². The molecule has 0 N–H and O–H groups in total. The summed E-state index contributed by atoms with van der Waals surface area (Å²) in [6, 6.07) is 6.60. The van der Waals surface area contributed by atoms with Gasteiger partial charge in [-0.25, -0.2) is 18.1 Å². The summed E-state index contributed by atoms with van der Waals surface area (Å²) in [5.41, 5.74) is 3.43. The molecule has 2 aromatic carbocycles. The lowest BCUT2D eigenvalue weighted by Gasteiger charge is -2.30. The van der Waals surface area contributed by atoms with Crippen molar-refractivity contribution in [1.29, 1.82) is 0 Å². The fourth-order valence-corrected chi connectivity index (χ4v) is 7.24. The van der Waals surface area contributed by atoms with Gasteiger partial charge in [0, 0.05) is 13.2 Å². The van der Waals surface area contributed by atoms with Gasteiger partial charge in [-0.15, -0.1) is 0 Å². The predicted molar refractivity (Wildman–Crippen MR) is 137 cm³/mol. The molecule has 0 bridgehead atoms. The van der Waals surface area contributed by atoms with E-state index in [0.29, 0.717) is 24.2 Å². The van der Waals surface area contributed by atoms with Crippen LogP contribution in [0.25, 0.3) is 0 Å². The van der Waals surface area contributed by atoms with Gasteiger partial charge in [0.1, 0.15) is 6.04 Å². The number of methoxy groups -OCH3 is 1. The van der Waals surface area contributed by atoms with Crippen molar-refractivity contribution in [3.63, 3.8) is 0 Å². The van der Waals surface area contributed by atoms with Gasteiger partial charge in [0.05, 0.1) is 35.8 Å². The van der Waals surface area contributed by atoms with Gasteiger partial charge >= 0.3 is 5.97 Å². The first-order valence-electron chi connectivity index (χ1n) is 12.2. The number of hydrogen-bond acceptors (Lipinski definition) is 7. The van der Waals surface area contributed by atoms with Crippen molar-refractivity contribution in [2.24, 2.45) is 0 Å². The molecule has 2 saturated heterocycles. The van der Waals surface area contributed by atoms with E-state index in [4.69, 9.17) is 9.47 Å². The van der Waals surface area contributed by atoms with Crippen LogP contribution in [0.2, 0.25) is 0 Å². The molecule has 2 heterocycles. The highest BCUT2D eigenvalue weighted by molar-refractivity contribution is 7.89. The molecule has 0 aromatic heterocycles. The van der Waals surface area contributed by atoms with Gasteiger partial charge in [-0.05, 0) is 87.1 Å². The number of aryl methyl sites for hydroxylation is 2. The molecular formula is C27H32N2O7S. The summed E-state index contributed by atoms with van der Waals surface area (Å²) < 4.78 is 40.1. The molecule has 2 aromatic rings. The fourth-order valence-electron chi connectivity index (χ4n) is 5.04. The molecule has 2 aliphatic rings. The minimum absolute atomic E-state index is 0.0208. The minimum atomic E-state index is -4.17. The fraction of sp³-hybridized carbons (Fsp3) is 0.444. The monoisotopic (exact) mass is 528 g/mol. The molecule has 0 aliphatic carbocycles. The number of anilines is 1. The van der Waals surface area contributed by atoms with Crippen LogP contribution in [0.4, 0.5) is 5.69 Å². The molecule has 0 saturated carbocycles. The average Bonchev–Trinajstić information content (AvgIpc) is 3.48. The summed E-state index contributed by atoms with van der Waals surface area (Å²) in [7, 11) is -2.91. The molecule has 10 heteroatoms. The first-order valence-corrected chi connectivity index (χ1v) is 13.7. The van der Waals surface area contributed by atoms with Crippen molar-refractivity contribution in [3.05, 3.63) is 58.1 Å². The Morgan fingerprint density at radius 2 is 1.70 bits per heavy atom. The first kappa shape index (κ1) is 27.0. The Hall–Kier alpha value is -3.08. The first-order chi connectivity index (χ1) is 17.5. The number of sulfonamides is 1. The van der Waals surface area contributed by atoms with Crippen LogP contribution in [0.3, 0.4) is 0 Å². The van der Waals surface area contributed by atoms with Crippen LogP contribution < -0.4 is 4.90 Å². The van der Waals surface area contributed by atoms with E-state index in [1.807, 2.05) is 19.9 Å². The largest absolute Gasteiger partial charge is 0.465 e. The normalized spacial score (nSPS) is 20.2. The predicted octanol–water partition coefficient (Wildman–Crippen LogP) is 3.21. The van der Waals surface area contributed by atoms with E-state index in [2.05, 4.69) is 0 Å². The van der Waals surface area contributed by atoms with Crippen LogP contribution in [0.5, 0.6) is 0 Å². The summed E-state index contributed by atoms with van der Waals surface area (Å²) in [6.45, 7) is 7.74. The van der Waals surface area contributed by atoms with E-state index in [1.54, 1.807) is 13.8 Å². The van der Waals surface area contributed by atoms with Gasteiger partial charge in [0.15, 0.2) is 0 Å². The third-order valence-corrected chi connectivity index (χ3v) is 9.44. The molecule has 2 fully saturated rings. The van der Waals surface area contributed by atoms with E-state index in [1.165, 1.54) is 35.7 Å². The molecule has 2 atom stereocenters. The van der Waals surface area contributed by atoms with Crippen molar-refractivity contribution in [1.82, 2.24) is 4.31 Å². The van der Waals surface area contributed by atoms with Gasteiger partial charge in [0.2, 0.25) is 15.9 Å². The quantitative estimate of drug-likeness (QED) is 0.401. The highest BCUT2D eigenvalue weighted by Crippen LogP contribution is 2.34. The maximum Gasteiger partial charge on any atom is 0.337 e. The molecule has 2 amide bonds. The Labute approximate surface area is 217 Å². The zero-order valence-electron chi connectivity index (χ0n) is 21.7. The molecule has 9 nitrogen and oxygen atoms in total. The van der Waals surface area contributed by atoms with Crippen LogP contribution >= 0.6 is 0 Å². The zero-order valence-corrected chi connectivity index (χ0v) is 22.6. The molecule has 2 aliphatic heterocycles. The second kappa shape index (κ2) is 10.4. The van der Waals surface area contributed by atoms with Crippen LogP contribution in [0.1, 0.15) is 51.9 Å². The van der Waals surface area contributed by atoms with Gasteiger partial charge in [0.25, 0.3) is 5.91 Å². The van der Waals surface area contributed by atoms with E-state index in [-0.39, 0.29) is 35.2 Å². The molecule has 4 rings (SSSR count). The Bertz CT molecular complexity index is 1320. The summed E-state index contributed by atoms with van der Waals surface area (Å²) >= 11 is 0. The minimum Gasteiger partial charge on any atom is -0.465 e. The van der Waals surface area contributed by atoms with Crippen LogP contribution in [-0.4, -0.2) is 62.9 Å². The summed E-state index contributed by atoms with van der Waals surface area (Å²) in [5.74, 6) is -1.68. The zero-order chi connectivity index (χ0) is 27.1. The van der Waals surface area contributed by atoms with Crippen LogP contribution in [-0.2, 0) is 29.1 Å².